The summed E-state index contributed by atoms with van der Waals surface area (Å²) < 4.78 is 1.15. The van der Waals surface area contributed by atoms with Gasteiger partial charge in [0.1, 0.15) is 5.69 Å². The van der Waals surface area contributed by atoms with Gasteiger partial charge in [-0.15, -0.1) is 11.3 Å². The van der Waals surface area contributed by atoms with E-state index in [9.17, 15) is 4.79 Å². The van der Waals surface area contributed by atoms with Crippen LogP contribution in [0.4, 0.5) is 5.69 Å². The first-order valence-corrected chi connectivity index (χ1v) is 8.88. The molecule has 3 aromatic rings. The van der Waals surface area contributed by atoms with Crippen LogP contribution in [0.15, 0.2) is 24.3 Å². The topological polar surface area (TPSA) is 48.1 Å². The van der Waals surface area contributed by atoms with Gasteiger partial charge < -0.3 is 15.2 Å². The van der Waals surface area contributed by atoms with Crippen molar-refractivity contribution in [2.75, 3.05) is 19.4 Å². The maximum Gasteiger partial charge on any atom is 0.272 e. The van der Waals surface area contributed by atoms with Crippen molar-refractivity contribution < 1.29 is 4.79 Å². The first-order valence-electron chi connectivity index (χ1n) is 7.68. The number of carbonyl (C=O) groups is 1. The molecule has 1 amide bonds. The number of carbonyl (C=O) groups excluding carboxylic acids is 1. The van der Waals surface area contributed by atoms with Gasteiger partial charge in [0.05, 0.1) is 10.2 Å². The molecule has 6 heteroatoms. The molecule has 2 heterocycles. The van der Waals surface area contributed by atoms with Crippen molar-refractivity contribution in [3.05, 3.63) is 51.0 Å². The van der Waals surface area contributed by atoms with Crippen molar-refractivity contribution in [2.45, 2.75) is 20.4 Å². The molecule has 0 saturated carbocycles. The summed E-state index contributed by atoms with van der Waals surface area (Å²) in [6.07, 6.45) is 0. The number of amides is 1. The Kier molecular flexibility index (Phi) is 4.67. The smallest absolute Gasteiger partial charge is 0.272 e. The molecule has 0 unspecified atom stereocenters. The lowest BCUT2D eigenvalue weighted by Gasteiger charge is -2.12. The molecule has 0 bridgehead atoms. The lowest BCUT2D eigenvalue weighted by molar-refractivity contribution is 0.102. The number of rotatable bonds is 4. The minimum absolute atomic E-state index is 0.127. The molecule has 24 heavy (non-hydrogen) atoms. The first kappa shape index (κ1) is 17.0. The van der Waals surface area contributed by atoms with E-state index < -0.39 is 0 Å². The predicted octanol–water partition coefficient (Wildman–Crippen LogP) is 4.81. The third-order valence-electron chi connectivity index (χ3n) is 3.83. The second kappa shape index (κ2) is 6.59. The highest BCUT2D eigenvalue weighted by Gasteiger charge is 2.20. The summed E-state index contributed by atoms with van der Waals surface area (Å²) >= 11 is 7.70. The van der Waals surface area contributed by atoms with Crippen LogP contribution in [-0.2, 0) is 6.54 Å². The van der Waals surface area contributed by atoms with Gasteiger partial charge in [-0.3, -0.25) is 4.79 Å². The van der Waals surface area contributed by atoms with Gasteiger partial charge in [0.15, 0.2) is 0 Å². The zero-order valence-corrected chi connectivity index (χ0v) is 15.7. The van der Waals surface area contributed by atoms with Crippen molar-refractivity contribution in [2.24, 2.45) is 0 Å². The highest BCUT2D eigenvalue weighted by Crippen LogP contribution is 2.32. The molecule has 0 atom stereocenters. The zero-order chi connectivity index (χ0) is 17.4. The molecule has 1 aromatic carbocycles. The minimum atomic E-state index is -0.127. The van der Waals surface area contributed by atoms with Gasteiger partial charge in [0, 0.05) is 27.7 Å². The van der Waals surface area contributed by atoms with Crippen LogP contribution in [-0.4, -0.2) is 29.9 Å². The van der Waals surface area contributed by atoms with Crippen molar-refractivity contribution in [1.82, 2.24) is 9.88 Å². The number of thiophene rings is 1. The highest BCUT2D eigenvalue weighted by molar-refractivity contribution is 7.19. The molecule has 0 aliphatic rings. The number of nitrogens with one attached hydrogen (secondary N) is 2. The Morgan fingerprint density at radius 2 is 2.04 bits per heavy atom. The fraction of sp³-hybridized carbons (Fsp3) is 0.278. The number of hydrogen-bond donors (Lipinski definition) is 2. The standard InChI is InChI=1S/C18H20ClN3OS/c1-10-7-12(19)5-6-14(10)21-18(23)16-13(9-22(3)4)17-15(20-16)8-11(2)24-17/h5-8,20H,9H2,1-4H3,(H,21,23). The molecule has 4 nitrogen and oxygen atoms in total. The van der Waals surface area contributed by atoms with E-state index in [4.69, 9.17) is 11.6 Å². The Morgan fingerprint density at radius 3 is 2.71 bits per heavy atom. The van der Waals surface area contributed by atoms with Crippen LogP contribution < -0.4 is 5.32 Å². The molecule has 0 aliphatic carbocycles. The quantitative estimate of drug-likeness (QED) is 0.700. The summed E-state index contributed by atoms with van der Waals surface area (Å²) in [5.74, 6) is -0.127. The van der Waals surface area contributed by atoms with Crippen LogP contribution in [0.1, 0.15) is 26.5 Å². The third kappa shape index (κ3) is 3.34. The lowest BCUT2D eigenvalue weighted by Crippen LogP contribution is -2.18. The molecule has 0 aliphatic heterocycles. The van der Waals surface area contributed by atoms with E-state index in [0.29, 0.717) is 17.3 Å². The Labute approximate surface area is 150 Å². The van der Waals surface area contributed by atoms with Gasteiger partial charge >= 0.3 is 0 Å². The number of aromatic amines is 1. The molecule has 0 radical (unpaired) electrons. The molecule has 2 N–H and O–H groups in total. The van der Waals surface area contributed by atoms with Crippen LogP contribution in [0.25, 0.3) is 10.2 Å². The summed E-state index contributed by atoms with van der Waals surface area (Å²) in [6.45, 7) is 4.72. The summed E-state index contributed by atoms with van der Waals surface area (Å²) in [6, 6.07) is 7.54. The lowest BCUT2D eigenvalue weighted by atomic mass is 10.1. The summed E-state index contributed by atoms with van der Waals surface area (Å²) in [4.78, 5) is 19.4. The summed E-state index contributed by atoms with van der Waals surface area (Å²) in [5.41, 5.74) is 4.40. The van der Waals surface area contributed by atoms with E-state index in [1.807, 2.05) is 33.2 Å². The fourth-order valence-corrected chi connectivity index (χ4v) is 4.00. The van der Waals surface area contributed by atoms with Crippen LogP contribution in [0.3, 0.4) is 0 Å². The van der Waals surface area contributed by atoms with E-state index >= 15 is 0 Å². The monoisotopic (exact) mass is 361 g/mol. The van der Waals surface area contributed by atoms with Crippen molar-refractivity contribution >= 4 is 44.7 Å². The molecular weight excluding hydrogens is 342 g/mol. The molecular formula is C18H20ClN3OS. The molecule has 0 spiro atoms. The fourth-order valence-electron chi connectivity index (χ4n) is 2.77. The Bertz CT molecular complexity index is 911. The van der Waals surface area contributed by atoms with Gasteiger partial charge in [-0.2, -0.15) is 0 Å². The second-order valence-corrected chi connectivity index (χ2v) is 7.92. The van der Waals surface area contributed by atoms with Gasteiger partial charge in [-0.05, 0) is 57.8 Å². The molecule has 3 rings (SSSR count). The summed E-state index contributed by atoms with van der Waals surface area (Å²) in [5, 5.41) is 3.65. The van der Waals surface area contributed by atoms with E-state index in [1.54, 1.807) is 17.4 Å². The Morgan fingerprint density at radius 1 is 1.29 bits per heavy atom. The van der Waals surface area contributed by atoms with Crippen LogP contribution >= 0.6 is 22.9 Å². The predicted molar refractivity (Wildman–Crippen MR) is 102 cm³/mol. The van der Waals surface area contributed by atoms with E-state index in [-0.39, 0.29) is 5.91 Å². The highest BCUT2D eigenvalue weighted by atomic mass is 35.5. The molecule has 0 saturated heterocycles. The van der Waals surface area contributed by atoms with Gasteiger partial charge in [-0.25, -0.2) is 0 Å². The van der Waals surface area contributed by atoms with E-state index in [1.165, 1.54) is 4.88 Å². The van der Waals surface area contributed by atoms with Crippen LogP contribution in [0.2, 0.25) is 5.02 Å². The van der Waals surface area contributed by atoms with E-state index in [2.05, 4.69) is 28.2 Å². The normalized spacial score (nSPS) is 11.4. The average Bonchev–Trinajstić information content (AvgIpc) is 2.99. The molecule has 0 fully saturated rings. The number of aromatic nitrogens is 1. The number of benzene rings is 1. The second-order valence-electron chi connectivity index (χ2n) is 6.23. The third-order valence-corrected chi connectivity index (χ3v) is 5.17. The minimum Gasteiger partial charge on any atom is -0.350 e. The number of aryl methyl sites for hydroxylation is 2. The Balaban J connectivity index is 1.98. The van der Waals surface area contributed by atoms with Crippen molar-refractivity contribution in [3.63, 3.8) is 0 Å². The van der Waals surface area contributed by atoms with Crippen LogP contribution in [0, 0.1) is 13.8 Å². The number of hydrogen-bond acceptors (Lipinski definition) is 3. The average molecular weight is 362 g/mol. The maximum absolute atomic E-state index is 12.8. The number of anilines is 1. The Hall–Kier alpha value is -1.82. The number of fused-ring (bicyclic) bond motifs is 1. The van der Waals surface area contributed by atoms with Gasteiger partial charge in [0.25, 0.3) is 5.91 Å². The van der Waals surface area contributed by atoms with Crippen molar-refractivity contribution in [3.8, 4) is 0 Å². The van der Waals surface area contributed by atoms with Crippen LogP contribution in [0.5, 0.6) is 0 Å². The SMILES string of the molecule is Cc1cc2[nH]c(C(=O)Nc3ccc(Cl)cc3C)c(CN(C)C)c2s1. The molecule has 2 aromatic heterocycles. The van der Waals surface area contributed by atoms with Gasteiger partial charge in [0.2, 0.25) is 0 Å². The van der Waals surface area contributed by atoms with E-state index in [0.717, 1.165) is 27.0 Å². The largest absolute Gasteiger partial charge is 0.350 e. The molecule has 126 valence electrons. The first-order chi connectivity index (χ1) is 11.3. The zero-order valence-electron chi connectivity index (χ0n) is 14.2. The van der Waals surface area contributed by atoms with Crippen molar-refractivity contribution in [1.29, 1.82) is 0 Å². The number of nitrogens with zero attached hydrogens (tertiary/aromatic N) is 1. The maximum atomic E-state index is 12.8. The number of halogens is 1. The number of H-pyrrole nitrogens is 1. The van der Waals surface area contributed by atoms with Gasteiger partial charge in [-0.1, -0.05) is 11.6 Å². The summed E-state index contributed by atoms with van der Waals surface area (Å²) in [7, 11) is 4.01.